The average molecular weight is 274 g/mol. The second-order valence-electron chi connectivity index (χ2n) is 5.05. The number of hydrogen-bond donors (Lipinski definition) is 2. The zero-order valence-electron chi connectivity index (χ0n) is 11.7. The van der Waals surface area contributed by atoms with Gasteiger partial charge in [-0.1, -0.05) is 26.0 Å². The number of benzene rings is 1. The van der Waals surface area contributed by atoms with E-state index in [1.165, 1.54) is 12.1 Å². The van der Waals surface area contributed by atoms with E-state index in [0.29, 0.717) is 24.1 Å². The number of nitrogens with two attached hydrogens (primary N) is 1. The van der Waals surface area contributed by atoms with Gasteiger partial charge < -0.3 is 11.1 Å². The number of anilines is 1. The molecule has 0 bridgehead atoms. The van der Waals surface area contributed by atoms with Crippen molar-refractivity contribution in [2.24, 2.45) is 5.92 Å². The smallest absolute Gasteiger partial charge is 0.144 e. The molecule has 0 aliphatic carbocycles. The second-order valence-corrected chi connectivity index (χ2v) is 5.05. The molecular weight excluding hydrogens is 255 g/mol. The Morgan fingerprint density at radius 1 is 1.20 bits per heavy atom. The number of nitrogens with one attached hydrogen (secondary N) is 1. The van der Waals surface area contributed by atoms with Crippen LogP contribution in [0.1, 0.15) is 31.3 Å². The molecule has 0 radical (unpaired) electrons. The summed E-state index contributed by atoms with van der Waals surface area (Å²) in [6.45, 7) is 4.74. The molecule has 20 heavy (non-hydrogen) atoms. The third-order valence-corrected chi connectivity index (χ3v) is 3.10. The van der Waals surface area contributed by atoms with Gasteiger partial charge in [0.2, 0.25) is 0 Å². The maximum atomic E-state index is 13.0. The lowest BCUT2D eigenvalue weighted by Crippen LogP contribution is -2.26. The zero-order chi connectivity index (χ0) is 14.5. The van der Waals surface area contributed by atoms with Crippen molar-refractivity contribution in [1.82, 2.24) is 15.3 Å². The molecule has 0 amide bonds. The van der Waals surface area contributed by atoms with Gasteiger partial charge in [-0.05, 0) is 29.7 Å². The number of rotatable bonds is 5. The fourth-order valence-electron chi connectivity index (χ4n) is 2.11. The summed E-state index contributed by atoms with van der Waals surface area (Å²) in [5.74, 6) is 1.24. The predicted octanol–water partition coefficient (Wildman–Crippen LogP) is 2.68. The summed E-state index contributed by atoms with van der Waals surface area (Å²) in [5, 5.41) is 3.40. The largest absolute Gasteiger partial charge is 0.384 e. The summed E-state index contributed by atoms with van der Waals surface area (Å²) < 4.78 is 13.0. The van der Waals surface area contributed by atoms with Gasteiger partial charge in [0.1, 0.15) is 17.5 Å². The highest BCUT2D eigenvalue weighted by Gasteiger charge is 2.15. The number of aromatic nitrogens is 2. The molecule has 0 aliphatic rings. The minimum atomic E-state index is -0.226. The topological polar surface area (TPSA) is 63.8 Å². The monoisotopic (exact) mass is 274 g/mol. The third kappa shape index (κ3) is 3.74. The Hall–Kier alpha value is -2.01. The maximum Gasteiger partial charge on any atom is 0.144 e. The van der Waals surface area contributed by atoms with Crippen LogP contribution in [0, 0.1) is 11.7 Å². The van der Waals surface area contributed by atoms with E-state index in [0.717, 1.165) is 5.56 Å². The minimum Gasteiger partial charge on any atom is -0.384 e. The quantitative estimate of drug-likeness (QED) is 0.880. The lowest BCUT2D eigenvalue weighted by atomic mass is 9.96. The van der Waals surface area contributed by atoms with E-state index < -0.39 is 0 Å². The molecule has 0 unspecified atom stereocenters. The summed E-state index contributed by atoms with van der Waals surface area (Å²) in [5.41, 5.74) is 6.68. The first-order valence-electron chi connectivity index (χ1n) is 6.62. The maximum absolute atomic E-state index is 13.0. The van der Waals surface area contributed by atoms with Gasteiger partial charge in [-0.3, -0.25) is 0 Å². The fraction of sp³-hybridized carbons (Fsp3) is 0.333. The van der Waals surface area contributed by atoms with E-state index in [1.54, 1.807) is 24.4 Å². The van der Waals surface area contributed by atoms with Gasteiger partial charge in [0, 0.05) is 12.2 Å². The second kappa shape index (κ2) is 6.43. The van der Waals surface area contributed by atoms with E-state index in [1.807, 2.05) is 0 Å². The summed E-state index contributed by atoms with van der Waals surface area (Å²) in [6, 6.07) is 8.32. The standard InChI is InChI=1S/C15H19FN4/c1-10(2)15(11-3-5-12(16)6-4-11)19-9-14-18-8-7-13(17)20-14/h3-8,10,15,19H,9H2,1-2H3,(H2,17,18,20)/t15-/m1/s1. The van der Waals surface area contributed by atoms with Crippen LogP contribution in [0.2, 0.25) is 0 Å². The SMILES string of the molecule is CC(C)[C@@H](NCc1nccc(N)n1)c1ccc(F)cc1. The van der Waals surface area contributed by atoms with E-state index in [9.17, 15) is 4.39 Å². The molecule has 1 aromatic carbocycles. The van der Waals surface area contributed by atoms with Crippen LogP contribution in [-0.4, -0.2) is 9.97 Å². The van der Waals surface area contributed by atoms with Gasteiger partial charge in [-0.2, -0.15) is 0 Å². The Morgan fingerprint density at radius 3 is 2.50 bits per heavy atom. The number of halogens is 1. The van der Waals surface area contributed by atoms with Crippen molar-refractivity contribution in [2.45, 2.75) is 26.4 Å². The molecule has 106 valence electrons. The molecular formula is C15H19FN4. The molecule has 1 atom stereocenters. The Bertz CT molecular complexity index is 554. The minimum absolute atomic E-state index is 0.112. The van der Waals surface area contributed by atoms with Crippen molar-refractivity contribution in [1.29, 1.82) is 0 Å². The first-order valence-corrected chi connectivity index (χ1v) is 6.62. The molecule has 1 aromatic heterocycles. The third-order valence-electron chi connectivity index (χ3n) is 3.10. The summed E-state index contributed by atoms with van der Waals surface area (Å²) in [7, 11) is 0. The van der Waals surface area contributed by atoms with Crippen molar-refractivity contribution >= 4 is 5.82 Å². The van der Waals surface area contributed by atoms with Crippen LogP contribution < -0.4 is 11.1 Å². The van der Waals surface area contributed by atoms with Gasteiger partial charge in [0.15, 0.2) is 0 Å². The average Bonchev–Trinajstić information content (AvgIpc) is 2.41. The lowest BCUT2D eigenvalue weighted by molar-refractivity contribution is 0.405. The van der Waals surface area contributed by atoms with E-state index in [2.05, 4.69) is 29.1 Å². The van der Waals surface area contributed by atoms with Crippen LogP contribution in [-0.2, 0) is 6.54 Å². The van der Waals surface area contributed by atoms with E-state index in [4.69, 9.17) is 5.73 Å². The van der Waals surface area contributed by atoms with Crippen LogP contribution in [0.5, 0.6) is 0 Å². The van der Waals surface area contributed by atoms with Gasteiger partial charge in [0.25, 0.3) is 0 Å². The molecule has 0 saturated carbocycles. The van der Waals surface area contributed by atoms with Crippen LogP contribution in [0.4, 0.5) is 10.2 Å². The Balaban J connectivity index is 2.08. The zero-order valence-corrected chi connectivity index (χ0v) is 11.7. The fourth-order valence-corrected chi connectivity index (χ4v) is 2.11. The molecule has 4 nitrogen and oxygen atoms in total. The Labute approximate surface area is 118 Å². The normalized spacial score (nSPS) is 12.6. The van der Waals surface area contributed by atoms with Crippen LogP contribution in [0.3, 0.4) is 0 Å². The van der Waals surface area contributed by atoms with Crippen LogP contribution >= 0.6 is 0 Å². The van der Waals surface area contributed by atoms with Crippen molar-refractivity contribution in [3.8, 4) is 0 Å². The van der Waals surface area contributed by atoms with Gasteiger partial charge in [-0.25, -0.2) is 14.4 Å². The van der Waals surface area contributed by atoms with Crippen LogP contribution in [0.25, 0.3) is 0 Å². The first kappa shape index (κ1) is 14.4. The Morgan fingerprint density at radius 2 is 1.90 bits per heavy atom. The highest BCUT2D eigenvalue weighted by Crippen LogP contribution is 2.22. The molecule has 2 rings (SSSR count). The number of hydrogen-bond acceptors (Lipinski definition) is 4. The summed E-state index contributed by atoms with van der Waals surface area (Å²) >= 11 is 0. The highest BCUT2D eigenvalue weighted by molar-refractivity contribution is 5.25. The lowest BCUT2D eigenvalue weighted by Gasteiger charge is -2.22. The van der Waals surface area contributed by atoms with Crippen LogP contribution in [0.15, 0.2) is 36.5 Å². The molecule has 0 saturated heterocycles. The molecule has 2 aromatic rings. The number of nitrogens with zero attached hydrogens (tertiary/aromatic N) is 2. The van der Waals surface area contributed by atoms with Crippen molar-refractivity contribution in [3.05, 3.63) is 53.7 Å². The molecule has 0 aliphatic heterocycles. The molecule has 0 spiro atoms. The van der Waals surface area contributed by atoms with Gasteiger partial charge >= 0.3 is 0 Å². The van der Waals surface area contributed by atoms with Crippen molar-refractivity contribution in [3.63, 3.8) is 0 Å². The van der Waals surface area contributed by atoms with Crippen molar-refractivity contribution in [2.75, 3.05) is 5.73 Å². The molecule has 3 N–H and O–H groups in total. The number of nitrogen functional groups attached to an aromatic ring is 1. The molecule has 1 heterocycles. The summed E-state index contributed by atoms with van der Waals surface area (Å²) in [6.07, 6.45) is 1.64. The summed E-state index contributed by atoms with van der Waals surface area (Å²) in [4.78, 5) is 8.32. The molecule has 5 heteroatoms. The first-order chi connectivity index (χ1) is 9.56. The van der Waals surface area contributed by atoms with E-state index >= 15 is 0 Å². The molecule has 0 fully saturated rings. The van der Waals surface area contributed by atoms with Gasteiger partial charge in [-0.15, -0.1) is 0 Å². The van der Waals surface area contributed by atoms with Crippen molar-refractivity contribution < 1.29 is 4.39 Å². The highest BCUT2D eigenvalue weighted by atomic mass is 19.1. The Kier molecular flexibility index (Phi) is 4.63. The van der Waals surface area contributed by atoms with Gasteiger partial charge in [0.05, 0.1) is 6.54 Å². The predicted molar refractivity (Wildman–Crippen MR) is 77.3 cm³/mol. The van der Waals surface area contributed by atoms with E-state index in [-0.39, 0.29) is 11.9 Å².